The van der Waals surface area contributed by atoms with E-state index in [4.69, 9.17) is 10.5 Å². The van der Waals surface area contributed by atoms with Crippen molar-refractivity contribution in [3.63, 3.8) is 0 Å². The predicted octanol–water partition coefficient (Wildman–Crippen LogP) is 2.98. The smallest absolute Gasteiger partial charge is 0.252 e. The number of halogens is 1. The second kappa shape index (κ2) is 4.75. The molecule has 0 heterocycles. The van der Waals surface area contributed by atoms with Gasteiger partial charge in [0.15, 0.2) is 0 Å². The van der Waals surface area contributed by atoms with Crippen LogP contribution in [0.4, 0.5) is 0 Å². The Morgan fingerprint density at radius 2 is 2.12 bits per heavy atom. The van der Waals surface area contributed by atoms with Crippen LogP contribution in [-0.4, -0.2) is 11.4 Å². The van der Waals surface area contributed by atoms with E-state index in [1.165, 1.54) is 0 Å². The molecule has 17 heavy (non-hydrogen) atoms. The van der Waals surface area contributed by atoms with Crippen LogP contribution < -0.4 is 10.5 Å². The first-order chi connectivity index (χ1) is 8.15. The number of hydrogen-bond acceptors (Lipinski definition) is 2. The topological polar surface area (TPSA) is 52.3 Å². The van der Waals surface area contributed by atoms with Crippen LogP contribution in [0.3, 0.4) is 0 Å². The number of rotatable bonds is 3. The molecule has 0 radical (unpaired) electrons. The highest BCUT2D eigenvalue weighted by atomic mass is 79.9. The zero-order valence-corrected chi connectivity index (χ0v) is 11.0. The molecular formula is C13H12BrNO2. The van der Waals surface area contributed by atoms with Crippen molar-refractivity contribution in [3.05, 3.63) is 41.5 Å². The highest BCUT2D eigenvalue weighted by Crippen LogP contribution is 2.30. The number of carbonyl (C=O) groups is 1. The Morgan fingerprint density at radius 1 is 1.41 bits per heavy atom. The van der Waals surface area contributed by atoms with Crippen molar-refractivity contribution in [1.29, 1.82) is 0 Å². The number of alkyl halides is 1. The second-order valence-corrected chi connectivity index (χ2v) is 4.17. The Hall–Kier alpha value is -1.55. The van der Waals surface area contributed by atoms with Gasteiger partial charge in [0.05, 0.1) is 5.56 Å². The van der Waals surface area contributed by atoms with Crippen molar-refractivity contribution < 1.29 is 9.53 Å². The molecule has 0 saturated heterocycles. The van der Waals surface area contributed by atoms with E-state index in [1.807, 2.05) is 37.3 Å². The summed E-state index contributed by atoms with van der Waals surface area (Å²) >= 11 is 3.18. The standard InChI is InChI=1S/C13H12BrNO2/c1-8-10-5-3-2-4-9(10)6-11(17-7-14)12(8)13(15)16/h2-6H,7H2,1H3,(H2,15,16). The van der Waals surface area contributed by atoms with Crippen LogP contribution >= 0.6 is 15.9 Å². The SMILES string of the molecule is Cc1c(C(N)=O)c(OCBr)cc2ccccc12. The minimum absolute atomic E-state index is 0.324. The van der Waals surface area contributed by atoms with E-state index in [0.29, 0.717) is 16.8 Å². The molecular weight excluding hydrogens is 282 g/mol. The zero-order valence-electron chi connectivity index (χ0n) is 9.37. The molecule has 0 bridgehead atoms. The molecule has 0 atom stereocenters. The molecule has 4 heteroatoms. The number of nitrogens with two attached hydrogens (primary N) is 1. The molecule has 88 valence electrons. The highest BCUT2D eigenvalue weighted by molar-refractivity contribution is 9.09. The zero-order chi connectivity index (χ0) is 12.4. The summed E-state index contributed by atoms with van der Waals surface area (Å²) in [4.78, 5) is 11.5. The van der Waals surface area contributed by atoms with E-state index in [1.54, 1.807) is 0 Å². The number of hydrogen-bond donors (Lipinski definition) is 1. The number of aryl methyl sites for hydroxylation is 1. The van der Waals surface area contributed by atoms with Crippen molar-refractivity contribution in [3.8, 4) is 5.75 Å². The van der Waals surface area contributed by atoms with Crippen LogP contribution in [0.25, 0.3) is 10.8 Å². The van der Waals surface area contributed by atoms with E-state index in [2.05, 4.69) is 15.9 Å². The van der Waals surface area contributed by atoms with Crippen LogP contribution in [0.1, 0.15) is 15.9 Å². The lowest BCUT2D eigenvalue weighted by atomic mass is 9.98. The number of amides is 1. The van der Waals surface area contributed by atoms with Crippen molar-refractivity contribution in [1.82, 2.24) is 0 Å². The molecule has 2 rings (SSSR count). The lowest BCUT2D eigenvalue weighted by Gasteiger charge is -2.12. The molecule has 0 unspecified atom stereocenters. The number of benzene rings is 2. The van der Waals surface area contributed by atoms with Gasteiger partial charge >= 0.3 is 0 Å². The Labute approximate surface area is 108 Å². The van der Waals surface area contributed by atoms with Crippen LogP contribution in [-0.2, 0) is 0 Å². The molecule has 2 aromatic carbocycles. The maximum absolute atomic E-state index is 11.5. The van der Waals surface area contributed by atoms with Crippen molar-refractivity contribution >= 4 is 32.6 Å². The summed E-state index contributed by atoms with van der Waals surface area (Å²) in [5.74, 6) is 0.0507. The van der Waals surface area contributed by atoms with E-state index < -0.39 is 5.91 Å². The fourth-order valence-electron chi connectivity index (χ4n) is 1.98. The largest absolute Gasteiger partial charge is 0.482 e. The lowest BCUT2D eigenvalue weighted by molar-refractivity contribution is 0.0997. The molecule has 0 aromatic heterocycles. The van der Waals surface area contributed by atoms with Gasteiger partial charge in [-0.3, -0.25) is 4.79 Å². The molecule has 0 aliphatic heterocycles. The van der Waals surface area contributed by atoms with Gasteiger partial charge in [0.25, 0.3) is 5.91 Å². The van der Waals surface area contributed by atoms with Gasteiger partial charge in [-0.05, 0) is 45.3 Å². The molecule has 3 nitrogen and oxygen atoms in total. The minimum Gasteiger partial charge on any atom is -0.482 e. The molecule has 0 aliphatic rings. The maximum atomic E-state index is 11.5. The van der Waals surface area contributed by atoms with Gasteiger partial charge in [-0.25, -0.2) is 0 Å². The third-order valence-corrected chi connectivity index (χ3v) is 2.96. The minimum atomic E-state index is -0.468. The molecule has 2 N–H and O–H groups in total. The van der Waals surface area contributed by atoms with E-state index >= 15 is 0 Å². The van der Waals surface area contributed by atoms with E-state index in [9.17, 15) is 4.79 Å². The fourth-order valence-corrected chi connectivity index (χ4v) is 2.22. The first-order valence-electron chi connectivity index (χ1n) is 5.16. The van der Waals surface area contributed by atoms with E-state index in [0.717, 1.165) is 16.3 Å². The fraction of sp³-hybridized carbons (Fsp3) is 0.154. The summed E-state index contributed by atoms with van der Waals surface area (Å²) in [6.07, 6.45) is 0. The summed E-state index contributed by atoms with van der Waals surface area (Å²) in [6.45, 7) is 1.88. The van der Waals surface area contributed by atoms with Crippen molar-refractivity contribution in [2.24, 2.45) is 5.73 Å². The predicted molar refractivity (Wildman–Crippen MR) is 71.6 cm³/mol. The molecule has 0 saturated carbocycles. The van der Waals surface area contributed by atoms with Gasteiger partial charge in [0.2, 0.25) is 0 Å². The molecule has 0 spiro atoms. The van der Waals surface area contributed by atoms with Crippen molar-refractivity contribution in [2.45, 2.75) is 6.92 Å². The summed E-state index contributed by atoms with van der Waals surface area (Å²) in [6, 6.07) is 9.67. The van der Waals surface area contributed by atoms with Crippen LogP contribution in [0.5, 0.6) is 5.75 Å². The van der Waals surface area contributed by atoms with Gasteiger partial charge < -0.3 is 10.5 Å². The van der Waals surface area contributed by atoms with Crippen LogP contribution in [0.2, 0.25) is 0 Å². The molecule has 2 aromatic rings. The summed E-state index contributed by atoms with van der Waals surface area (Å²) in [5.41, 5.74) is 7.03. The number of ether oxygens (including phenoxy) is 1. The number of fused-ring (bicyclic) bond motifs is 1. The Bertz CT molecular complexity index is 581. The van der Waals surface area contributed by atoms with Crippen LogP contribution in [0, 0.1) is 6.92 Å². The number of primary amides is 1. The number of carbonyl (C=O) groups excluding carboxylic acids is 1. The molecule has 0 fully saturated rings. The average Bonchev–Trinajstić information content (AvgIpc) is 2.29. The molecule has 0 aliphatic carbocycles. The highest BCUT2D eigenvalue weighted by Gasteiger charge is 2.15. The average molecular weight is 294 g/mol. The molecule has 1 amide bonds. The van der Waals surface area contributed by atoms with Gasteiger partial charge in [0.1, 0.15) is 11.3 Å². The Morgan fingerprint density at radius 3 is 2.76 bits per heavy atom. The lowest BCUT2D eigenvalue weighted by Crippen LogP contribution is -2.15. The third-order valence-electron chi connectivity index (χ3n) is 2.73. The Balaban J connectivity index is 2.79. The summed E-state index contributed by atoms with van der Waals surface area (Å²) < 4.78 is 5.40. The van der Waals surface area contributed by atoms with Crippen LogP contribution in [0.15, 0.2) is 30.3 Å². The first kappa shape index (κ1) is 11.9. The van der Waals surface area contributed by atoms with E-state index in [-0.39, 0.29) is 0 Å². The second-order valence-electron chi connectivity index (χ2n) is 3.71. The van der Waals surface area contributed by atoms with Gasteiger partial charge in [-0.15, -0.1) is 0 Å². The van der Waals surface area contributed by atoms with Crippen molar-refractivity contribution in [2.75, 3.05) is 5.52 Å². The monoisotopic (exact) mass is 293 g/mol. The third kappa shape index (κ3) is 2.13. The van der Waals surface area contributed by atoms with Gasteiger partial charge in [-0.1, -0.05) is 24.3 Å². The first-order valence-corrected chi connectivity index (χ1v) is 6.28. The summed E-state index contributed by atoms with van der Waals surface area (Å²) in [5, 5.41) is 2.05. The Kier molecular flexibility index (Phi) is 3.33. The normalized spacial score (nSPS) is 10.5. The van der Waals surface area contributed by atoms with Gasteiger partial charge in [-0.2, -0.15) is 0 Å². The quantitative estimate of drug-likeness (QED) is 0.885. The summed E-state index contributed by atoms with van der Waals surface area (Å²) in [7, 11) is 0. The maximum Gasteiger partial charge on any atom is 0.252 e. The van der Waals surface area contributed by atoms with Gasteiger partial charge in [0, 0.05) is 0 Å².